The number of carboxylic acid groups (broad SMARTS) is 1. The number of carbonyl (C=O) groups is 1. The van der Waals surface area contributed by atoms with Crippen LogP contribution < -0.4 is 10.6 Å². The van der Waals surface area contributed by atoms with Crippen LogP contribution in [0.1, 0.15) is 44.0 Å². The summed E-state index contributed by atoms with van der Waals surface area (Å²) < 4.78 is 0. The molecule has 110 valence electrons. The highest BCUT2D eigenvalue weighted by atomic mass is 16.4. The predicted molar refractivity (Wildman–Crippen MR) is 82.2 cm³/mol. The largest absolute Gasteiger partial charge is 0.478 e. The van der Waals surface area contributed by atoms with Gasteiger partial charge in [0.15, 0.2) is 0 Å². The maximum absolute atomic E-state index is 11.4. The quantitative estimate of drug-likeness (QED) is 0.814. The topological polar surface area (TPSA) is 66.6 Å². The monoisotopic (exact) mass is 276 g/mol. The molecular formula is C16H24N2O2. The molecule has 2 rings (SSSR count). The maximum atomic E-state index is 11.4. The number of anilines is 2. The lowest BCUT2D eigenvalue weighted by atomic mass is 9.75. The minimum atomic E-state index is -0.912. The zero-order valence-electron chi connectivity index (χ0n) is 12.5. The molecule has 4 heteroatoms. The molecule has 4 nitrogen and oxygen atoms in total. The van der Waals surface area contributed by atoms with Gasteiger partial charge in [0.05, 0.1) is 11.3 Å². The number of nitrogen functional groups attached to an aromatic ring is 1. The molecule has 0 radical (unpaired) electrons. The Morgan fingerprint density at radius 3 is 2.40 bits per heavy atom. The number of aromatic carboxylic acids is 1. The fourth-order valence-electron chi connectivity index (χ4n) is 2.99. The summed E-state index contributed by atoms with van der Waals surface area (Å²) in [6.45, 7) is 8.65. The first-order chi connectivity index (χ1) is 9.29. The third-order valence-electron chi connectivity index (χ3n) is 4.31. The molecule has 1 aliphatic heterocycles. The third-order valence-corrected chi connectivity index (χ3v) is 4.31. The Morgan fingerprint density at radius 2 is 1.90 bits per heavy atom. The molecule has 0 bridgehead atoms. The van der Waals surface area contributed by atoms with Crippen molar-refractivity contribution in [2.45, 2.75) is 33.6 Å². The average molecular weight is 276 g/mol. The summed E-state index contributed by atoms with van der Waals surface area (Å²) in [6, 6.07) is 5.15. The lowest BCUT2D eigenvalue weighted by Gasteiger charge is -2.40. The van der Waals surface area contributed by atoms with E-state index in [9.17, 15) is 9.90 Å². The van der Waals surface area contributed by atoms with Crippen LogP contribution in [0, 0.1) is 11.3 Å². The number of piperidine rings is 1. The minimum absolute atomic E-state index is 0.305. The molecule has 1 aromatic rings. The number of hydrogen-bond donors (Lipinski definition) is 2. The molecule has 20 heavy (non-hydrogen) atoms. The molecule has 0 amide bonds. The minimum Gasteiger partial charge on any atom is -0.478 e. The summed E-state index contributed by atoms with van der Waals surface area (Å²) in [4.78, 5) is 13.5. The second-order valence-corrected chi connectivity index (χ2v) is 6.71. The molecule has 0 aliphatic carbocycles. The Bertz CT molecular complexity index is 498. The first-order valence-corrected chi connectivity index (χ1v) is 7.17. The van der Waals surface area contributed by atoms with E-state index in [-0.39, 0.29) is 0 Å². The average Bonchev–Trinajstić information content (AvgIpc) is 2.37. The summed E-state index contributed by atoms with van der Waals surface area (Å²) in [7, 11) is 0. The van der Waals surface area contributed by atoms with Gasteiger partial charge in [-0.1, -0.05) is 20.8 Å². The van der Waals surface area contributed by atoms with Crippen molar-refractivity contribution >= 4 is 17.3 Å². The van der Waals surface area contributed by atoms with E-state index in [4.69, 9.17) is 5.73 Å². The van der Waals surface area contributed by atoms with Crippen LogP contribution in [-0.4, -0.2) is 24.2 Å². The molecule has 3 N–H and O–H groups in total. The molecular weight excluding hydrogens is 252 g/mol. The number of nitrogens with two attached hydrogens (primary N) is 1. The smallest absolute Gasteiger partial charge is 0.337 e. The van der Waals surface area contributed by atoms with Gasteiger partial charge in [0, 0.05) is 18.8 Å². The van der Waals surface area contributed by atoms with E-state index in [0.29, 0.717) is 22.6 Å². The fraction of sp³-hybridized carbons (Fsp3) is 0.562. The molecule has 1 saturated heterocycles. The molecule has 0 unspecified atom stereocenters. The third kappa shape index (κ3) is 3.06. The molecule has 1 aromatic carbocycles. The molecule has 0 atom stereocenters. The Morgan fingerprint density at radius 1 is 1.30 bits per heavy atom. The van der Waals surface area contributed by atoms with Gasteiger partial charge in [0.1, 0.15) is 0 Å². The van der Waals surface area contributed by atoms with Crippen molar-refractivity contribution in [1.29, 1.82) is 0 Å². The van der Waals surface area contributed by atoms with E-state index in [1.54, 1.807) is 12.1 Å². The van der Waals surface area contributed by atoms with Gasteiger partial charge in [-0.2, -0.15) is 0 Å². The van der Waals surface area contributed by atoms with Crippen LogP contribution in [0.4, 0.5) is 11.4 Å². The highest BCUT2D eigenvalue weighted by Gasteiger charge is 2.29. The van der Waals surface area contributed by atoms with Crippen molar-refractivity contribution in [3.63, 3.8) is 0 Å². The Labute approximate surface area is 120 Å². The van der Waals surface area contributed by atoms with Gasteiger partial charge < -0.3 is 15.7 Å². The van der Waals surface area contributed by atoms with Crippen molar-refractivity contribution in [2.24, 2.45) is 11.3 Å². The fourth-order valence-corrected chi connectivity index (χ4v) is 2.99. The van der Waals surface area contributed by atoms with Crippen LogP contribution >= 0.6 is 0 Å². The normalized spacial score (nSPS) is 17.2. The van der Waals surface area contributed by atoms with Crippen molar-refractivity contribution in [2.75, 3.05) is 23.7 Å². The molecule has 0 saturated carbocycles. The summed E-state index contributed by atoms with van der Waals surface area (Å²) in [5.74, 6) is -0.217. The zero-order chi connectivity index (χ0) is 14.9. The Balaban J connectivity index is 2.17. The summed E-state index contributed by atoms with van der Waals surface area (Å²) in [5.41, 5.74) is 7.61. The number of rotatable bonds is 2. The zero-order valence-corrected chi connectivity index (χ0v) is 12.5. The van der Waals surface area contributed by atoms with Gasteiger partial charge >= 0.3 is 5.97 Å². The molecule has 1 heterocycles. The van der Waals surface area contributed by atoms with E-state index >= 15 is 0 Å². The van der Waals surface area contributed by atoms with Crippen molar-refractivity contribution in [1.82, 2.24) is 0 Å². The van der Waals surface area contributed by atoms with Gasteiger partial charge in [-0.25, -0.2) is 4.79 Å². The van der Waals surface area contributed by atoms with Gasteiger partial charge in [-0.15, -0.1) is 0 Å². The van der Waals surface area contributed by atoms with Gasteiger partial charge in [0.2, 0.25) is 0 Å². The summed E-state index contributed by atoms with van der Waals surface area (Å²) >= 11 is 0. The molecule has 1 aliphatic rings. The summed E-state index contributed by atoms with van der Waals surface area (Å²) in [6.07, 6.45) is 2.21. The van der Waals surface area contributed by atoms with Gasteiger partial charge in [-0.05, 0) is 42.4 Å². The van der Waals surface area contributed by atoms with Crippen LogP contribution in [0.3, 0.4) is 0 Å². The summed E-state index contributed by atoms with van der Waals surface area (Å²) in [5, 5.41) is 9.32. The van der Waals surface area contributed by atoms with Crippen LogP contribution in [0.5, 0.6) is 0 Å². The van der Waals surface area contributed by atoms with Crippen LogP contribution in [0.15, 0.2) is 18.2 Å². The Kier molecular flexibility index (Phi) is 3.93. The standard InChI is InChI=1S/C16H24N2O2/c1-16(2,3)11-6-8-18(9-7-11)14-5-4-12(17)10-13(14)15(19)20/h4-5,10-11H,6-9,17H2,1-3H3,(H,19,20). The highest BCUT2D eigenvalue weighted by molar-refractivity contribution is 5.95. The second kappa shape index (κ2) is 5.35. The van der Waals surface area contributed by atoms with E-state index in [1.165, 1.54) is 0 Å². The lowest BCUT2D eigenvalue weighted by molar-refractivity contribution is 0.0697. The second-order valence-electron chi connectivity index (χ2n) is 6.71. The van der Waals surface area contributed by atoms with E-state index < -0.39 is 5.97 Å². The highest BCUT2D eigenvalue weighted by Crippen LogP contribution is 2.36. The number of nitrogens with zero attached hydrogens (tertiary/aromatic N) is 1. The SMILES string of the molecule is CC(C)(C)C1CCN(c2ccc(N)cc2C(=O)O)CC1. The van der Waals surface area contributed by atoms with Crippen molar-refractivity contribution in [3.8, 4) is 0 Å². The first kappa shape index (κ1) is 14.7. The first-order valence-electron chi connectivity index (χ1n) is 7.17. The molecule has 0 spiro atoms. The molecule has 0 aromatic heterocycles. The van der Waals surface area contributed by atoms with Crippen molar-refractivity contribution < 1.29 is 9.90 Å². The van der Waals surface area contributed by atoms with Crippen LogP contribution in [0.25, 0.3) is 0 Å². The van der Waals surface area contributed by atoms with Crippen molar-refractivity contribution in [3.05, 3.63) is 23.8 Å². The van der Waals surface area contributed by atoms with E-state index in [1.807, 2.05) is 6.07 Å². The molecule has 1 fully saturated rings. The predicted octanol–water partition coefficient (Wildman–Crippen LogP) is 3.23. The number of benzene rings is 1. The maximum Gasteiger partial charge on any atom is 0.337 e. The van der Waals surface area contributed by atoms with Gasteiger partial charge in [0.25, 0.3) is 0 Å². The van der Waals surface area contributed by atoms with E-state index in [2.05, 4.69) is 25.7 Å². The Hall–Kier alpha value is -1.71. The van der Waals surface area contributed by atoms with Crippen LogP contribution in [-0.2, 0) is 0 Å². The van der Waals surface area contributed by atoms with E-state index in [0.717, 1.165) is 31.6 Å². The van der Waals surface area contributed by atoms with Crippen LogP contribution in [0.2, 0.25) is 0 Å². The lowest BCUT2D eigenvalue weighted by Crippen LogP contribution is -2.38. The number of hydrogen-bond acceptors (Lipinski definition) is 3. The van der Waals surface area contributed by atoms with Gasteiger partial charge in [-0.3, -0.25) is 0 Å². The number of carboxylic acids is 1.